The van der Waals surface area contributed by atoms with E-state index in [2.05, 4.69) is 32.0 Å². The Kier molecular flexibility index (Phi) is 4.43. The predicted molar refractivity (Wildman–Crippen MR) is 98.1 cm³/mol. The number of hydrogen-bond donors (Lipinski definition) is 0. The maximum Gasteiger partial charge on any atom is 0.232 e. The van der Waals surface area contributed by atoms with Crippen LogP contribution in [-0.2, 0) is 12.8 Å². The molecule has 1 aliphatic heterocycles. The zero-order valence-corrected chi connectivity index (χ0v) is 14.9. The van der Waals surface area contributed by atoms with Crippen LogP contribution in [0.1, 0.15) is 36.0 Å². The van der Waals surface area contributed by atoms with Gasteiger partial charge in [-0.3, -0.25) is 9.98 Å². The molecule has 132 valence electrons. The molecule has 0 amide bonds. The number of nitrogens with zero attached hydrogens (tertiary/aromatic N) is 6. The Morgan fingerprint density at radius 3 is 2.81 bits per heavy atom. The van der Waals surface area contributed by atoms with E-state index < -0.39 is 0 Å². The summed E-state index contributed by atoms with van der Waals surface area (Å²) in [5.41, 5.74) is 5.03. The van der Waals surface area contributed by atoms with Crippen LogP contribution in [0.4, 0.5) is 0 Å². The Hall–Kier alpha value is -3.09. The molecule has 3 aromatic heterocycles. The Morgan fingerprint density at radius 1 is 1.15 bits per heavy atom. The molecule has 0 saturated heterocycles. The van der Waals surface area contributed by atoms with Crippen molar-refractivity contribution in [3.05, 3.63) is 59.4 Å². The van der Waals surface area contributed by atoms with E-state index >= 15 is 0 Å². The lowest BCUT2D eigenvalue weighted by molar-refractivity contribution is 0.393. The molecule has 0 fully saturated rings. The Morgan fingerprint density at radius 2 is 2.04 bits per heavy atom. The molecule has 0 radical (unpaired) electrons. The van der Waals surface area contributed by atoms with Crippen molar-refractivity contribution in [2.75, 3.05) is 13.7 Å². The predicted octanol–water partition coefficient (Wildman–Crippen LogP) is 2.41. The maximum atomic E-state index is 5.22. The number of methoxy groups -OCH3 is 1. The molecule has 1 aliphatic rings. The first kappa shape index (κ1) is 16.4. The van der Waals surface area contributed by atoms with Gasteiger partial charge in [-0.15, -0.1) is 0 Å². The van der Waals surface area contributed by atoms with Crippen LogP contribution in [0.5, 0.6) is 5.88 Å². The highest BCUT2D eigenvalue weighted by atomic mass is 16.5. The van der Waals surface area contributed by atoms with Crippen LogP contribution in [0.3, 0.4) is 0 Å². The Balaban J connectivity index is 1.70. The van der Waals surface area contributed by atoms with Crippen molar-refractivity contribution in [1.29, 1.82) is 0 Å². The van der Waals surface area contributed by atoms with Gasteiger partial charge in [-0.05, 0) is 24.6 Å². The van der Waals surface area contributed by atoms with Gasteiger partial charge in [-0.1, -0.05) is 13.3 Å². The molecule has 0 unspecified atom stereocenters. The lowest BCUT2D eigenvalue weighted by Gasteiger charge is -2.11. The van der Waals surface area contributed by atoms with Crippen molar-refractivity contribution < 1.29 is 4.74 Å². The summed E-state index contributed by atoms with van der Waals surface area (Å²) in [6.07, 6.45) is 7.73. The van der Waals surface area contributed by atoms with Gasteiger partial charge < -0.3 is 4.74 Å². The number of hydrogen-bond acceptors (Lipinski definition) is 6. The average molecular weight is 348 g/mol. The lowest BCUT2D eigenvalue weighted by atomic mass is 10.1. The van der Waals surface area contributed by atoms with Gasteiger partial charge in [0.05, 0.1) is 42.6 Å². The van der Waals surface area contributed by atoms with Gasteiger partial charge in [0.2, 0.25) is 5.88 Å². The van der Waals surface area contributed by atoms with E-state index in [1.54, 1.807) is 25.7 Å². The molecule has 0 spiro atoms. The fourth-order valence-electron chi connectivity index (χ4n) is 2.94. The van der Waals surface area contributed by atoms with Crippen molar-refractivity contribution in [2.45, 2.75) is 26.2 Å². The van der Waals surface area contributed by atoms with Crippen LogP contribution in [0, 0.1) is 0 Å². The normalized spacial score (nSPS) is 12.8. The average Bonchev–Trinajstić information content (AvgIpc) is 3.42. The van der Waals surface area contributed by atoms with Gasteiger partial charge in [-0.25, -0.2) is 14.6 Å². The second-order valence-electron chi connectivity index (χ2n) is 6.10. The highest BCUT2D eigenvalue weighted by Crippen LogP contribution is 2.21. The quantitative estimate of drug-likeness (QED) is 0.655. The molecule has 7 heteroatoms. The fourth-order valence-corrected chi connectivity index (χ4v) is 2.94. The van der Waals surface area contributed by atoms with Crippen LogP contribution in [0.25, 0.3) is 5.82 Å². The lowest BCUT2D eigenvalue weighted by Crippen LogP contribution is -2.11. The molecule has 0 aromatic carbocycles. The van der Waals surface area contributed by atoms with Crippen molar-refractivity contribution in [2.24, 2.45) is 4.99 Å². The number of pyridine rings is 1. The molecule has 0 atom stereocenters. The van der Waals surface area contributed by atoms with E-state index in [1.165, 1.54) is 0 Å². The minimum absolute atomic E-state index is 0.546. The first-order chi connectivity index (χ1) is 12.8. The molecule has 3 aromatic rings. The summed E-state index contributed by atoms with van der Waals surface area (Å²) in [6, 6.07) is 5.96. The zero-order chi connectivity index (χ0) is 17.9. The van der Waals surface area contributed by atoms with Gasteiger partial charge in [0.15, 0.2) is 5.82 Å². The van der Waals surface area contributed by atoms with Gasteiger partial charge in [0, 0.05) is 24.4 Å². The van der Waals surface area contributed by atoms with Crippen molar-refractivity contribution in [3.8, 4) is 11.7 Å². The van der Waals surface area contributed by atoms with Gasteiger partial charge >= 0.3 is 0 Å². The molecular formula is C19H20N6O. The van der Waals surface area contributed by atoms with Crippen molar-refractivity contribution in [1.82, 2.24) is 24.7 Å². The van der Waals surface area contributed by atoms with E-state index in [0.717, 1.165) is 53.6 Å². The third kappa shape index (κ3) is 3.20. The number of rotatable bonds is 7. The van der Waals surface area contributed by atoms with E-state index in [0.29, 0.717) is 12.3 Å². The monoisotopic (exact) mass is 348 g/mol. The maximum absolute atomic E-state index is 5.22. The van der Waals surface area contributed by atoms with E-state index in [-0.39, 0.29) is 0 Å². The number of aromatic nitrogens is 5. The SMILES string of the molecule is CCCc1nc(OC)cnc1Cc1ccnn1-c1ncccc1C1=NC1. The molecular weight excluding hydrogens is 328 g/mol. The van der Waals surface area contributed by atoms with Crippen LogP contribution in [0.15, 0.2) is 41.8 Å². The summed E-state index contributed by atoms with van der Waals surface area (Å²) in [5, 5.41) is 4.49. The first-order valence-electron chi connectivity index (χ1n) is 8.71. The largest absolute Gasteiger partial charge is 0.480 e. The molecule has 0 bridgehead atoms. The van der Waals surface area contributed by atoms with E-state index in [4.69, 9.17) is 4.74 Å². The van der Waals surface area contributed by atoms with Crippen LogP contribution in [-0.4, -0.2) is 44.1 Å². The Bertz CT molecular complexity index is 962. The summed E-state index contributed by atoms with van der Waals surface area (Å²) < 4.78 is 7.09. The molecule has 0 N–H and O–H groups in total. The first-order valence-corrected chi connectivity index (χ1v) is 8.71. The minimum atomic E-state index is 0.546. The summed E-state index contributed by atoms with van der Waals surface area (Å²) in [4.78, 5) is 18.0. The molecule has 26 heavy (non-hydrogen) atoms. The second-order valence-corrected chi connectivity index (χ2v) is 6.10. The standard InChI is InChI=1S/C19H20N6O/c1-3-5-15-16(22-12-18(24-15)26-2)10-13-7-9-23-25(13)19-14(17-11-21-17)6-4-8-20-19/h4,6-9,12H,3,5,10-11H2,1-2H3. The summed E-state index contributed by atoms with van der Waals surface area (Å²) >= 11 is 0. The van der Waals surface area contributed by atoms with Crippen molar-refractivity contribution in [3.63, 3.8) is 0 Å². The number of aliphatic imine (C=N–C) groups is 1. The van der Waals surface area contributed by atoms with Crippen LogP contribution in [0.2, 0.25) is 0 Å². The van der Waals surface area contributed by atoms with Crippen molar-refractivity contribution >= 4 is 5.71 Å². The smallest absolute Gasteiger partial charge is 0.232 e. The third-order valence-corrected chi connectivity index (χ3v) is 4.29. The third-order valence-electron chi connectivity index (χ3n) is 4.29. The molecule has 7 nitrogen and oxygen atoms in total. The minimum Gasteiger partial charge on any atom is -0.480 e. The summed E-state index contributed by atoms with van der Waals surface area (Å²) in [7, 11) is 1.61. The van der Waals surface area contributed by atoms with Crippen LogP contribution < -0.4 is 4.74 Å². The summed E-state index contributed by atoms with van der Waals surface area (Å²) in [5.74, 6) is 1.35. The molecule has 4 rings (SSSR count). The second kappa shape index (κ2) is 7.03. The molecule has 0 aliphatic carbocycles. The summed E-state index contributed by atoms with van der Waals surface area (Å²) in [6.45, 7) is 2.91. The molecule has 0 saturated carbocycles. The number of ether oxygens (including phenoxy) is 1. The van der Waals surface area contributed by atoms with Crippen LogP contribution >= 0.6 is 0 Å². The highest BCUT2D eigenvalue weighted by molar-refractivity contribution is 6.12. The molecule has 4 heterocycles. The van der Waals surface area contributed by atoms with Gasteiger partial charge in [-0.2, -0.15) is 5.10 Å². The van der Waals surface area contributed by atoms with Gasteiger partial charge in [0.1, 0.15) is 0 Å². The highest BCUT2D eigenvalue weighted by Gasteiger charge is 2.20. The van der Waals surface area contributed by atoms with E-state index in [1.807, 2.05) is 22.9 Å². The van der Waals surface area contributed by atoms with Gasteiger partial charge in [0.25, 0.3) is 0 Å². The topological polar surface area (TPSA) is 78.1 Å². The Labute approximate surface area is 151 Å². The number of aryl methyl sites for hydroxylation is 1. The van der Waals surface area contributed by atoms with E-state index in [9.17, 15) is 0 Å². The fraction of sp³-hybridized carbons (Fsp3) is 0.316. The zero-order valence-electron chi connectivity index (χ0n) is 14.9.